The molecule has 142 valence electrons. The number of H-pyrrole nitrogens is 1. The second kappa shape index (κ2) is 7.09. The Balaban J connectivity index is 1.24. The van der Waals surface area contributed by atoms with Gasteiger partial charge in [0.1, 0.15) is 0 Å². The van der Waals surface area contributed by atoms with Crippen LogP contribution < -0.4 is 0 Å². The first-order chi connectivity index (χ1) is 13.3. The molecule has 2 saturated heterocycles. The number of likely N-dealkylation sites (tertiary alicyclic amines) is 2. The van der Waals surface area contributed by atoms with Gasteiger partial charge in [-0.1, -0.05) is 18.2 Å². The first-order valence-corrected chi connectivity index (χ1v) is 10.1. The highest BCUT2D eigenvalue weighted by Gasteiger charge is 2.33. The maximum atomic E-state index is 6.07. The van der Waals surface area contributed by atoms with Crippen molar-refractivity contribution in [1.82, 2.24) is 25.0 Å². The van der Waals surface area contributed by atoms with E-state index in [0.29, 0.717) is 18.2 Å². The summed E-state index contributed by atoms with van der Waals surface area (Å²) in [6.45, 7) is 4.63. The molecule has 1 aromatic carbocycles. The van der Waals surface area contributed by atoms with Gasteiger partial charge in [0.25, 0.3) is 0 Å². The number of fused-ring (bicyclic) bond motifs is 1. The molecule has 5 rings (SSSR count). The second-order valence-electron chi connectivity index (χ2n) is 8.09. The number of rotatable bonds is 4. The smallest absolute Gasteiger partial charge is 0.221 e. The normalized spacial score (nSPS) is 22.8. The van der Waals surface area contributed by atoms with Gasteiger partial charge in [-0.2, -0.15) is 0 Å². The highest BCUT2D eigenvalue weighted by molar-refractivity contribution is 5.83. The molecule has 0 saturated carbocycles. The van der Waals surface area contributed by atoms with E-state index in [-0.39, 0.29) is 0 Å². The molecule has 2 aromatic heterocycles. The van der Waals surface area contributed by atoms with Crippen LogP contribution in [0, 0.1) is 0 Å². The lowest BCUT2D eigenvalue weighted by Gasteiger charge is -2.35. The van der Waals surface area contributed by atoms with E-state index in [9.17, 15) is 0 Å². The Bertz CT molecular complexity index is 908. The number of hydrogen-bond donors (Lipinski definition) is 1. The molecule has 0 amide bonds. The van der Waals surface area contributed by atoms with Crippen molar-refractivity contribution < 1.29 is 4.42 Å². The van der Waals surface area contributed by atoms with E-state index in [4.69, 9.17) is 4.42 Å². The zero-order valence-corrected chi connectivity index (χ0v) is 15.9. The van der Waals surface area contributed by atoms with Crippen LogP contribution in [0.1, 0.15) is 42.5 Å². The van der Waals surface area contributed by atoms with Crippen LogP contribution in [-0.4, -0.2) is 64.2 Å². The SMILES string of the molecule is CN1CCC(N2CC[C@H](c3nnc(Cc4c[nH]c5ccccc45)o3)C2)CC1. The van der Waals surface area contributed by atoms with Gasteiger partial charge in [-0.3, -0.25) is 4.90 Å². The molecule has 2 aliphatic rings. The molecular weight excluding hydrogens is 338 g/mol. The zero-order chi connectivity index (χ0) is 18.2. The minimum atomic E-state index is 0.383. The molecule has 4 heterocycles. The molecule has 0 bridgehead atoms. The van der Waals surface area contributed by atoms with Crippen LogP contribution in [0.2, 0.25) is 0 Å². The Hall–Kier alpha value is -2.18. The molecule has 0 unspecified atom stereocenters. The molecule has 2 aliphatic heterocycles. The minimum absolute atomic E-state index is 0.383. The molecule has 6 nitrogen and oxygen atoms in total. The lowest BCUT2D eigenvalue weighted by Crippen LogP contribution is -2.42. The molecule has 0 radical (unpaired) electrons. The standard InChI is InChI=1S/C21H27N5O/c1-25-9-7-17(8-10-25)26-11-6-15(14-26)21-24-23-20(27-21)12-16-13-22-19-5-3-2-4-18(16)19/h2-5,13,15,17,22H,6-12,14H2,1H3/t15-/m0/s1. The van der Waals surface area contributed by atoms with Crippen molar-refractivity contribution in [1.29, 1.82) is 0 Å². The van der Waals surface area contributed by atoms with E-state index in [1.807, 2.05) is 12.3 Å². The quantitative estimate of drug-likeness (QED) is 0.770. The first-order valence-electron chi connectivity index (χ1n) is 10.1. The van der Waals surface area contributed by atoms with Crippen LogP contribution in [0.15, 0.2) is 34.9 Å². The third-order valence-electron chi connectivity index (χ3n) is 6.27. The summed E-state index contributed by atoms with van der Waals surface area (Å²) in [5, 5.41) is 9.95. The average Bonchev–Trinajstić information content (AvgIpc) is 3.43. The number of nitrogens with one attached hydrogen (secondary N) is 1. The fourth-order valence-corrected chi connectivity index (χ4v) is 4.62. The lowest BCUT2D eigenvalue weighted by molar-refractivity contribution is 0.141. The summed E-state index contributed by atoms with van der Waals surface area (Å²) in [6, 6.07) is 9.06. The van der Waals surface area contributed by atoms with Gasteiger partial charge in [-0.25, -0.2) is 0 Å². The third-order valence-corrected chi connectivity index (χ3v) is 6.27. The highest BCUT2D eigenvalue weighted by atomic mass is 16.4. The van der Waals surface area contributed by atoms with Crippen LogP contribution in [0.4, 0.5) is 0 Å². The Morgan fingerprint density at radius 2 is 1.96 bits per heavy atom. The van der Waals surface area contributed by atoms with Crippen molar-refractivity contribution in [3.63, 3.8) is 0 Å². The van der Waals surface area contributed by atoms with Crippen molar-refractivity contribution in [3.8, 4) is 0 Å². The summed E-state index contributed by atoms with van der Waals surface area (Å²) >= 11 is 0. The van der Waals surface area contributed by atoms with Crippen LogP contribution in [0.25, 0.3) is 10.9 Å². The number of aromatic amines is 1. The first kappa shape index (κ1) is 17.0. The number of para-hydroxylation sites is 1. The number of piperidine rings is 1. The highest BCUT2D eigenvalue weighted by Crippen LogP contribution is 2.30. The topological polar surface area (TPSA) is 61.2 Å². The molecule has 0 spiro atoms. The largest absolute Gasteiger partial charge is 0.425 e. The van der Waals surface area contributed by atoms with E-state index >= 15 is 0 Å². The molecule has 1 N–H and O–H groups in total. The van der Waals surface area contributed by atoms with Crippen LogP contribution in [-0.2, 0) is 6.42 Å². The van der Waals surface area contributed by atoms with Crippen molar-refractivity contribution in [2.45, 2.75) is 37.6 Å². The fraction of sp³-hybridized carbons (Fsp3) is 0.524. The van der Waals surface area contributed by atoms with Gasteiger partial charge in [0, 0.05) is 29.7 Å². The van der Waals surface area contributed by atoms with Gasteiger partial charge in [0.2, 0.25) is 11.8 Å². The Morgan fingerprint density at radius 1 is 1.11 bits per heavy atom. The van der Waals surface area contributed by atoms with Crippen molar-refractivity contribution in [2.24, 2.45) is 0 Å². The fourth-order valence-electron chi connectivity index (χ4n) is 4.62. The predicted molar refractivity (Wildman–Crippen MR) is 105 cm³/mol. The molecule has 3 aromatic rings. The molecule has 27 heavy (non-hydrogen) atoms. The van der Waals surface area contributed by atoms with Crippen LogP contribution >= 0.6 is 0 Å². The van der Waals surface area contributed by atoms with Gasteiger partial charge in [0.05, 0.1) is 12.3 Å². The maximum Gasteiger partial charge on any atom is 0.221 e. The average molecular weight is 365 g/mol. The molecular formula is C21H27N5O. The summed E-state index contributed by atoms with van der Waals surface area (Å²) in [6.07, 6.45) is 6.41. The monoisotopic (exact) mass is 365 g/mol. The Morgan fingerprint density at radius 3 is 2.85 bits per heavy atom. The van der Waals surface area contributed by atoms with Gasteiger partial charge in [-0.05, 0) is 57.6 Å². The van der Waals surface area contributed by atoms with Crippen LogP contribution in [0.3, 0.4) is 0 Å². The predicted octanol–water partition coefficient (Wildman–Crippen LogP) is 3.03. The summed E-state index contributed by atoms with van der Waals surface area (Å²) in [7, 11) is 2.22. The third kappa shape index (κ3) is 3.39. The second-order valence-corrected chi connectivity index (χ2v) is 8.09. The molecule has 1 atom stereocenters. The van der Waals surface area contributed by atoms with E-state index in [1.165, 1.54) is 36.9 Å². The Labute approximate surface area is 159 Å². The number of nitrogens with zero attached hydrogens (tertiary/aromatic N) is 4. The molecule has 6 heteroatoms. The van der Waals surface area contributed by atoms with E-state index in [2.05, 4.69) is 50.2 Å². The number of benzene rings is 1. The zero-order valence-electron chi connectivity index (χ0n) is 15.9. The minimum Gasteiger partial charge on any atom is -0.425 e. The van der Waals surface area contributed by atoms with Gasteiger partial charge < -0.3 is 14.3 Å². The van der Waals surface area contributed by atoms with Gasteiger partial charge in [-0.15, -0.1) is 10.2 Å². The van der Waals surface area contributed by atoms with Crippen LogP contribution in [0.5, 0.6) is 0 Å². The van der Waals surface area contributed by atoms with Crippen molar-refractivity contribution in [2.75, 3.05) is 33.2 Å². The summed E-state index contributed by atoms with van der Waals surface area (Å²) < 4.78 is 6.07. The summed E-state index contributed by atoms with van der Waals surface area (Å²) in [5.41, 5.74) is 2.36. The number of hydrogen-bond acceptors (Lipinski definition) is 5. The van der Waals surface area contributed by atoms with E-state index in [1.54, 1.807) is 0 Å². The van der Waals surface area contributed by atoms with Gasteiger partial charge >= 0.3 is 0 Å². The summed E-state index contributed by atoms with van der Waals surface area (Å²) in [4.78, 5) is 8.39. The number of aromatic nitrogens is 3. The van der Waals surface area contributed by atoms with Gasteiger partial charge in [0.15, 0.2) is 0 Å². The van der Waals surface area contributed by atoms with Crippen molar-refractivity contribution in [3.05, 3.63) is 47.8 Å². The summed E-state index contributed by atoms with van der Waals surface area (Å²) in [5.74, 6) is 1.92. The maximum absolute atomic E-state index is 6.07. The van der Waals surface area contributed by atoms with Crippen molar-refractivity contribution >= 4 is 10.9 Å². The van der Waals surface area contributed by atoms with E-state index in [0.717, 1.165) is 37.0 Å². The lowest BCUT2D eigenvalue weighted by atomic mass is 10.0. The molecule has 0 aliphatic carbocycles. The van der Waals surface area contributed by atoms with E-state index < -0.39 is 0 Å². The Kier molecular flexibility index (Phi) is 4.45. The molecule has 2 fully saturated rings.